The van der Waals surface area contributed by atoms with E-state index in [4.69, 9.17) is 5.11 Å². The van der Waals surface area contributed by atoms with Crippen LogP contribution in [-0.4, -0.2) is 36.5 Å². The second-order valence-corrected chi connectivity index (χ2v) is 6.30. The fourth-order valence-electron chi connectivity index (χ4n) is 2.80. The summed E-state index contributed by atoms with van der Waals surface area (Å²) in [5, 5.41) is 20.4. The summed E-state index contributed by atoms with van der Waals surface area (Å²) in [6, 6.07) is 8.95. The van der Waals surface area contributed by atoms with Gasteiger partial charge in [-0.1, -0.05) is 18.2 Å². The number of hydrogen-bond acceptors (Lipinski definition) is 4. The molecular formula is C19H21N5O3. The van der Waals surface area contributed by atoms with Crippen molar-refractivity contribution in [2.45, 2.75) is 33.4 Å². The van der Waals surface area contributed by atoms with Crippen molar-refractivity contribution in [1.29, 1.82) is 0 Å². The van der Waals surface area contributed by atoms with Gasteiger partial charge in [0, 0.05) is 24.0 Å². The molecule has 0 bridgehead atoms. The Hall–Kier alpha value is -3.42. The first kappa shape index (κ1) is 18.4. The van der Waals surface area contributed by atoms with Crippen LogP contribution in [0.1, 0.15) is 40.3 Å². The first-order valence-corrected chi connectivity index (χ1v) is 8.54. The molecule has 3 rings (SSSR count). The van der Waals surface area contributed by atoms with Crippen molar-refractivity contribution in [3.8, 4) is 5.69 Å². The second kappa shape index (κ2) is 7.45. The van der Waals surface area contributed by atoms with Crippen molar-refractivity contribution < 1.29 is 14.7 Å². The Kier molecular flexibility index (Phi) is 5.07. The smallest absolute Gasteiger partial charge is 0.328 e. The first-order valence-electron chi connectivity index (χ1n) is 8.54. The van der Waals surface area contributed by atoms with Gasteiger partial charge in [-0.25, -0.2) is 9.48 Å². The molecule has 2 heterocycles. The van der Waals surface area contributed by atoms with Crippen molar-refractivity contribution in [3.63, 3.8) is 0 Å². The minimum Gasteiger partial charge on any atom is -0.480 e. The lowest BCUT2D eigenvalue weighted by Crippen LogP contribution is -2.23. The lowest BCUT2D eigenvalue weighted by molar-refractivity contribution is -0.140. The number of carbonyl (C=O) groups excluding carboxylic acids is 1. The van der Waals surface area contributed by atoms with Crippen LogP contribution < -0.4 is 5.32 Å². The average Bonchev–Trinajstić information content (AvgIpc) is 3.25. The van der Waals surface area contributed by atoms with Crippen LogP contribution in [0.3, 0.4) is 0 Å². The zero-order chi connectivity index (χ0) is 19.6. The molecule has 0 aliphatic carbocycles. The van der Waals surface area contributed by atoms with E-state index in [1.54, 1.807) is 0 Å². The Morgan fingerprint density at radius 3 is 2.59 bits per heavy atom. The van der Waals surface area contributed by atoms with Crippen molar-refractivity contribution in [1.82, 2.24) is 24.9 Å². The van der Waals surface area contributed by atoms with E-state index in [9.17, 15) is 9.59 Å². The van der Waals surface area contributed by atoms with Crippen LogP contribution >= 0.6 is 0 Å². The lowest BCUT2D eigenvalue weighted by Gasteiger charge is -2.07. The molecule has 0 spiro atoms. The maximum Gasteiger partial charge on any atom is 0.328 e. The highest BCUT2D eigenvalue weighted by atomic mass is 16.4. The zero-order valence-corrected chi connectivity index (χ0v) is 15.4. The number of carboxylic acids is 1. The maximum absolute atomic E-state index is 12.4. The summed E-state index contributed by atoms with van der Waals surface area (Å²) in [5.41, 5.74) is 4.01. The predicted octanol–water partition coefficient (Wildman–Crippen LogP) is 2.26. The van der Waals surface area contributed by atoms with Gasteiger partial charge in [0.15, 0.2) is 0 Å². The van der Waals surface area contributed by atoms with E-state index in [2.05, 4.69) is 15.5 Å². The minimum atomic E-state index is -1.01. The molecule has 0 saturated carbocycles. The van der Waals surface area contributed by atoms with Gasteiger partial charge in [0.25, 0.3) is 5.91 Å². The van der Waals surface area contributed by atoms with Crippen molar-refractivity contribution in [2.75, 3.05) is 0 Å². The second-order valence-electron chi connectivity index (χ2n) is 6.30. The Bertz CT molecular complexity index is 975. The molecule has 3 aromatic rings. The van der Waals surface area contributed by atoms with Crippen LogP contribution in [0.25, 0.3) is 5.69 Å². The standard InChI is InChI=1S/C19H21N5O3/c1-12-17(13(2)24(22-12)16-7-5-4-6-8-16)10-20-18(25)15-9-21-23(11-15)14(3)19(26)27/h4-9,11,14H,10H2,1-3H3,(H,20,25)(H,26,27). The van der Waals surface area contributed by atoms with Gasteiger partial charge in [-0.2, -0.15) is 10.2 Å². The number of nitrogens with zero attached hydrogens (tertiary/aromatic N) is 4. The van der Waals surface area contributed by atoms with Gasteiger partial charge in [-0.15, -0.1) is 0 Å². The third-order valence-corrected chi connectivity index (χ3v) is 4.49. The molecule has 1 amide bonds. The summed E-state index contributed by atoms with van der Waals surface area (Å²) < 4.78 is 3.10. The van der Waals surface area contributed by atoms with Crippen LogP contribution in [-0.2, 0) is 11.3 Å². The van der Waals surface area contributed by atoms with Crippen LogP contribution in [0.15, 0.2) is 42.7 Å². The SMILES string of the molecule is Cc1nn(-c2ccccc2)c(C)c1CNC(=O)c1cnn(C(C)C(=O)O)c1. The summed E-state index contributed by atoms with van der Waals surface area (Å²) in [6.45, 7) is 5.69. The van der Waals surface area contributed by atoms with Gasteiger partial charge in [0.05, 0.1) is 23.1 Å². The Labute approximate surface area is 156 Å². The summed E-state index contributed by atoms with van der Waals surface area (Å²) in [6.07, 6.45) is 2.79. The Morgan fingerprint density at radius 1 is 1.22 bits per heavy atom. The Balaban J connectivity index is 1.73. The average molecular weight is 367 g/mol. The summed E-state index contributed by atoms with van der Waals surface area (Å²) in [4.78, 5) is 23.4. The molecule has 2 N–H and O–H groups in total. The molecule has 2 aromatic heterocycles. The van der Waals surface area contributed by atoms with Gasteiger partial charge in [-0.05, 0) is 32.9 Å². The minimum absolute atomic E-state index is 0.314. The molecular weight excluding hydrogens is 346 g/mol. The van der Waals surface area contributed by atoms with Crippen LogP contribution in [0.4, 0.5) is 0 Å². The number of amides is 1. The third kappa shape index (κ3) is 3.74. The van der Waals surface area contributed by atoms with Crippen molar-refractivity contribution in [3.05, 3.63) is 65.2 Å². The van der Waals surface area contributed by atoms with E-state index in [0.717, 1.165) is 22.6 Å². The summed E-state index contributed by atoms with van der Waals surface area (Å²) >= 11 is 0. The van der Waals surface area contributed by atoms with E-state index in [1.165, 1.54) is 24.0 Å². The molecule has 0 saturated heterocycles. The molecule has 8 heteroatoms. The van der Waals surface area contributed by atoms with Gasteiger partial charge in [0.2, 0.25) is 0 Å². The van der Waals surface area contributed by atoms with Crippen LogP contribution in [0.2, 0.25) is 0 Å². The fraction of sp³-hybridized carbons (Fsp3) is 0.263. The number of hydrogen-bond donors (Lipinski definition) is 2. The van der Waals surface area contributed by atoms with Gasteiger partial charge < -0.3 is 10.4 Å². The molecule has 0 fully saturated rings. The molecule has 0 aliphatic rings. The van der Waals surface area contributed by atoms with E-state index >= 15 is 0 Å². The highest BCUT2D eigenvalue weighted by Gasteiger charge is 2.18. The number of carbonyl (C=O) groups is 2. The molecule has 0 radical (unpaired) electrons. The first-order chi connectivity index (χ1) is 12.9. The highest BCUT2D eigenvalue weighted by Crippen LogP contribution is 2.18. The molecule has 1 aromatic carbocycles. The van der Waals surface area contributed by atoms with Gasteiger partial charge in [-0.3, -0.25) is 9.48 Å². The molecule has 1 unspecified atom stereocenters. The molecule has 1 atom stereocenters. The Morgan fingerprint density at radius 2 is 1.93 bits per heavy atom. The van der Waals surface area contributed by atoms with E-state index in [1.807, 2.05) is 48.9 Å². The number of aromatic nitrogens is 4. The van der Waals surface area contributed by atoms with E-state index < -0.39 is 12.0 Å². The number of aryl methyl sites for hydroxylation is 1. The van der Waals surface area contributed by atoms with E-state index in [0.29, 0.717) is 12.1 Å². The van der Waals surface area contributed by atoms with Gasteiger partial charge in [0.1, 0.15) is 6.04 Å². The van der Waals surface area contributed by atoms with Crippen molar-refractivity contribution in [2.24, 2.45) is 0 Å². The van der Waals surface area contributed by atoms with Crippen LogP contribution in [0, 0.1) is 13.8 Å². The largest absolute Gasteiger partial charge is 0.480 e. The summed E-state index contributed by atoms with van der Waals surface area (Å²) in [7, 11) is 0. The lowest BCUT2D eigenvalue weighted by atomic mass is 10.2. The monoisotopic (exact) mass is 367 g/mol. The summed E-state index contributed by atoms with van der Waals surface area (Å²) in [5.74, 6) is -1.32. The zero-order valence-electron chi connectivity index (χ0n) is 15.4. The quantitative estimate of drug-likeness (QED) is 0.696. The molecule has 0 aliphatic heterocycles. The maximum atomic E-state index is 12.4. The molecule has 27 heavy (non-hydrogen) atoms. The highest BCUT2D eigenvalue weighted by molar-refractivity contribution is 5.93. The topological polar surface area (TPSA) is 102 Å². The van der Waals surface area contributed by atoms with Crippen molar-refractivity contribution >= 4 is 11.9 Å². The van der Waals surface area contributed by atoms with Crippen LogP contribution in [0.5, 0.6) is 0 Å². The fourth-order valence-corrected chi connectivity index (χ4v) is 2.80. The van der Waals surface area contributed by atoms with E-state index in [-0.39, 0.29) is 5.91 Å². The molecule has 8 nitrogen and oxygen atoms in total. The predicted molar refractivity (Wildman–Crippen MR) is 98.8 cm³/mol. The third-order valence-electron chi connectivity index (χ3n) is 4.49. The number of aliphatic carboxylic acids is 1. The number of rotatable bonds is 6. The number of carboxylic acid groups (broad SMARTS) is 1. The number of nitrogens with one attached hydrogen (secondary N) is 1. The normalized spacial score (nSPS) is 12.0. The van der Waals surface area contributed by atoms with Gasteiger partial charge >= 0.3 is 5.97 Å². The molecule has 140 valence electrons. The number of benzene rings is 1. The number of para-hydroxylation sites is 1.